The molecule has 2 aliphatic rings. The molecule has 2 aromatic carbocycles. The molecular weight excluding hydrogens is 630 g/mol. The summed E-state index contributed by atoms with van der Waals surface area (Å²) >= 11 is 13.9. The molecule has 9 nitrogen and oxygen atoms in total. The van der Waals surface area contributed by atoms with Gasteiger partial charge < -0.3 is 25.8 Å². The zero-order valence-corrected chi connectivity index (χ0v) is 26.8. The summed E-state index contributed by atoms with van der Waals surface area (Å²) in [5, 5.41) is 19.4. The van der Waals surface area contributed by atoms with Crippen molar-refractivity contribution in [3.63, 3.8) is 0 Å². The Balaban J connectivity index is 1.20. The van der Waals surface area contributed by atoms with E-state index < -0.39 is 0 Å². The summed E-state index contributed by atoms with van der Waals surface area (Å²) in [5.74, 6) is 0.739. The van der Waals surface area contributed by atoms with E-state index in [2.05, 4.69) is 25.8 Å². The van der Waals surface area contributed by atoms with E-state index in [1.165, 1.54) is 0 Å². The Morgan fingerprint density at radius 1 is 1.04 bits per heavy atom. The predicted octanol–water partition coefficient (Wildman–Crippen LogP) is 5.80. The Morgan fingerprint density at radius 2 is 1.83 bits per heavy atom. The van der Waals surface area contributed by atoms with Crippen LogP contribution in [-0.4, -0.2) is 65.3 Å². The fraction of sp³-hybridized carbons (Fsp3) is 0.324. The van der Waals surface area contributed by atoms with E-state index in [4.69, 9.17) is 32.9 Å². The fourth-order valence-corrected chi connectivity index (χ4v) is 6.49. The number of ether oxygens (including phenoxy) is 1. The van der Waals surface area contributed by atoms with E-state index >= 15 is 4.39 Å². The summed E-state index contributed by atoms with van der Waals surface area (Å²) < 4.78 is 21.1. The van der Waals surface area contributed by atoms with Gasteiger partial charge in [0.05, 0.1) is 28.5 Å². The second-order valence-corrected chi connectivity index (χ2v) is 12.4. The molecule has 0 unspecified atom stereocenters. The Bertz CT molecular complexity index is 1740. The van der Waals surface area contributed by atoms with Crippen molar-refractivity contribution in [1.82, 2.24) is 25.5 Å². The van der Waals surface area contributed by atoms with Crippen LogP contribution >= 0.6 is 23.2 Å². The van der Waals surface area contributed by atoms with Crippen LogP contribution in [0.15, 0.2) is 60.8 Å². The molecule has 4 aromatic rings. The number of hydrogen-bond donors (Lipinski definition) is 4. The van der Waals surface area contributed by atoms with Crippen LogP contribution in [0.4, 0.5) is 15.9 Å². The molecule has 2 aliphatic heterocycles. The van der Waals surface area contributed by atoms with Crippen LogP contribution in [0, 0.1) is 11.7 Å². The van der Waals surface area contributed by atoms with E-state index in [0.29, 0.717) is 75.7 Å². The lowest BCUT2D eigenvalue weighted by atomic mass is 10.00. The number of amides is 1. The zero-order valence-electron chi connectivity index (χ0n) is 25.3. The Morgan fingerprint density at radius 3 is 2.59 bits per heavy atom. The fourth-order valence-electron chi connectivity index (χ4n) is 5.91. The number of rotatable bonds is 12. The van der Waals surface area contributed by atoms with E-state index in [1.54, 1.807) is 37.6 Å². The second-order valence-electron chi connectivity index (χ2n) is 11.6. The molecular formula is C34H35Cl2FN6O3. The molecule has 2 fully saturated rings. The Labute approximate surface area is 277 Å². The van der Waals surface area contributed by atoms with E-state index in [-0.39, 0.29) is 36.0 Å². The number of methoxy groups -OCH3 is 1. The minimum atomic E-state index is -0.373. The van der Waals surface area contributed by atoms with E-state index in [0.717, 1.165) is 25.1 Å². The summed E-state index contributed by atoms with van der Waals surface area (Å²) in [4.78, 5) is 22.7. The molecule has 4 heterocycles. The van der Waals surface area contributed by atoms with Gasteiger partial charge in [-0.15, -0.1) is 0 Å². The lowest BCUT2D eigenvalue weighted by Crippen LogP contribution is -2.47. The average Bonchev–Trinajstić information content (AvgIpc) is 3.46. The molecule has 0 bridgehead atoms. The first-order chi connectivity index (χ1) is 22.3. The van der Waals surface area contributed by atoms with E-state index in [1.807, 2.05) is 30.3 Å². The molecule has 12 heteroatoms. The number of halogens is 3. The summed E-state index contributed by atoms with van der Waals surface area (Å²) in [5.41, 5.74) is 4.33. The maximum Gasteiger partial charge on any atom is 0.220 e. The first-order valence-corrected chi connectivity index (χ1v) is 16.0. The predicted molar refractivity (Wildman–Crippen MR) is 178 cm³/mol. The van der Waals surface area contributed by atoms with Gasteiger partial charge in [-0.05, 0) is 24.6 Å². The zero-order chi connectivity index (χ0) is 32.2. The van der Waals surface area contributed by atoms with Crippen LogP contribution in [-0.2, 0) is 17.9 Å². The molecule has 0 aliphatic carbocycles. The van der Waals surface area contributed by atoms with Gasteiger partial charge in [0.15, 0.2) is 5.82 Å². The Kier molecular flexibility index (Phi) is 10.0. The topological polar surface area (TPSA) is 112 Å². The normalized spacial score (nSPS) is 16.7. The third kappa shape index (κ3) is 6.96. The minimum Gasteiger partial charge on any atom is -0.481 e. The highest BCUT2D eigenvalue weighted by Crippen LogP contribution is 2.41. The highest BCUT2D eigenvalue weighted by Gasteiger charge is 2.27. The van der Waals surface area contributed by atoms with Crippen LogP contribution in [0.1, 0.15) is 24.0 Å². The van der Waals surface area contributed by atoms with Gasteiger partial charge in [0, 0.05) is 91.7 Å². The highest BCUT2D eigenvalue weighted by molar-refractivity contribution is 6.39. The minimum absolute atomic E-state index is 0.0883. The van der Waals surface area contributed by atoms with Gasteiger partial charge >= 0.3 is 0 Å². The maximum atomic E-state index is 15.5. The van der Waals surface area contributed by atoms with Crippen molar-refractivity contribution >= 4 is 40.6 Å². The van der Waals surface area contributed by atoms with Crippen LogP contribution in [0.25, 0.3) is 22.4 Å². The molecule has 0 saturated carbocycles. The number of carbonyl (C=O) groups is 1. The summed E-state index contributed by atoms with van der Waals surface area (Å²) in [6.45, 7) is 3.29. The van der Waals surface area contributed by atoms with Crippen molar-refractivity contribution in [2.45, 2.75) is 32.0 Å². The van der Waals surface area contributed by atoms with Crippen LogP contribution < -0.4 is 20.7 Å². The van der Waals surface area contributed by atoms with Crippen LogP contribution in [0.2, 0.25) is 10.0 Å². The molecule has 1 amide bonds. The van der Waals surface area contributed by atoms with Gasteiger partial charge in [0.2, 0.25) is 11.8 Å². The van der Waals surface area contributed by atoms with Crippen molar-refractivity contribution in [1.29, 1.82) is 0 Å². The summed E-state index contributed by atoms with van der Waals surface area (Å²) in [7, 11) is 1.58. The van der Waals surface area contributed by atoms with Crippen molar-refractivity contribution in [3.8, 4) is 28.3 Å². The van der Waals surface area contributed by atoms with Gasteiger partial charge in [-0.2, -0.15) is 0 Å². The summed E-state index contributed by atoms with van der Waals surface area (Å²) in [6.07, 6.45) is 2.99. The molecule has 1 atom stereocenters. The number of nitrogens with one attached hydrogen (secondary N) is 3. The number of nitrogens with zero attached hydrogens (tertiary/aromatic N) is 3. The largest absolute Gasteiger partial charge is 0.481 e. The van der Waals surface area contributed by atoms with Crippen molar-refractivity contribution in [2.75, 3.05) is 38.7 Å². The first-order valence-electron chi connectivity index (χ1n) is 15.2. The third-order valence-corrected chi connectivity index (χ3v) is 9.18. The molecule has 240 valence electrons. The number of likely N-dealkylation sites (tertiary alicyclic amines) is 1. The smallest absolute Gasteiger partial charge is 0.220 e. The number of carbonyl (C=O) groups excluding carboxylic acids is 1. The number of benzene rings is 2. The number of pyridine rings is 2. The second kappa shape index (κ2) is 14.3. The third-order valence-electron chi connectivity index (χ3n) is 8.39. The van der Waals surface area contributed by atoms with Crippen LogP contribution in [0.3, 0.4) is 0 Å². The van der Waals surface area contributed by atoms with Gasteiger partial charge in [-0.3, -0.25) is 9.69 Å². The average molecular weight is 666 g/mol. The molecule has 4 N–H and O–H groups in total. The number of aliphatic hydroxyl groups excluding tert-OH is 1. The molecule has 0 radical (unpaired) electrons. The monoisotopic (exact) mass is 664 g/mol. The lowest BCUT2D eigenvalue weighted by molar-refractivity contribution is -0.119. The Hall–Kier alpha value is -3.80. The van der Waals surface area contributed by atoms with Gasteiger partial charge in [0.1, 0.15) is 5.82 Å². The highest BCUT2D eigenvalue weighted by atomic mass is 35.5. The molecule has 2 aromatic heterocycles. The lowest BCUT2D eigenvalue weighted by Gasteiger charge is -2.38. The standard InChI is InChI=1S/C34H35Cl2FN6O3/c1-46-34-21(14-38-15-23-9-11-29(45)40-23)8-10-27(42-34)26-6-3-5-24(30(26)35)25-12-13-39-33(31(25)36)41-28-7-2-4-22(32(28)37)18-43-16-20(17-43)19-44/h2-8,10,12-13,20,23,38,44H,9,11,14-19H2,1H3,(H,39,41)(H,40,45)/t23-/m0/s1. The van der Waals surface area contributed by atoms with Gasteiger partial charge in [0.25, 0.3) is 0 Å². The van der Waals surface area contributed by atoms with Gasteiger partial charge in [-0.25, -0.2) is 14.4 Å². The van der Waals surface area contributed by atoms with Crippen molar-refractivity contribution in [3.05, 3.63) is 87.8 Å². The first kappa shape index (κ1) is 32.2. The quantitative estimate of drug-likeness (QED) is 0.150. The van der Waals surface area contributed by atoms with Crippen molar-refractivity contribution in [2.24, 2.45) is 5.92 Å². The molecule has 6 rings (SSSR count). The summed E-state index contributed by atoms with van der Waals surface area (Å²) in [6, 6.07) is 16.5. The number of aliphatic hydroxyl groups is 1. The number of hydrogen-bond acceptors (Lipinski definition) is 8. The van der Waals surface area contributed by atoms with Crippen molar-refractivity contribution < 1.29 is 19.0 Å². The van der Waals surface area contributed by atoms with Crippen LogP contribution in [0.5, 0.6) is 5.88 Å². The number of aromatic nitrogens is 2. The number of anilines is 2. The molecule has 46 heavy (non-hydrogen) atoms. The van der Waals surface area contributed by atoms with Gasteiger partial charge in [-0.1, -0.05) is 59.6 Å². The molecule has 2 saturated heterocycles. The van der Waals surface area contributed by atoms with E-state index in [9.17, 15) is 9.90 Å². The maximum absolute atomic E-state index is 15.5. The molecule has 0 spiro atoms. The SMILES string of the molecule is COc1nc(-c2cccc(-c3ccnc(Nc4cccc(CN5CC(CO)C5)c4F)c3Cl)c2Cl)ccc1CNC[C@@H]1CCC(=O)N1.